The molecule has 2 atom stereocenters. The third-order valence-corrected chi connectivity index (χ3v) is 4.87. The number of hydrogen-bond acceptors (Lipinski definition) is 3. The van der Waals surface area contributed by atoms with E-state index < -0.39 is 11.4 Å². The van der Waals surface area contributed by atoms with Crippen LogP contribution in [0.25, 0.3) is 0 Å². The second kappa shape index (κ2) is 4.34. The monoisotopic (exact) mass is 229 g/mol. The number of hydrogen-bond donors (Lipinski definition) is 1. The van der Waals surface area contributed by atoms with Crippen LogP contribution in [-0.4, -0.2) is 46.6 Å². The minimum Gasteiger partial charge on any atom is -0.481 e. The molecule has 3 nitrogen and oxygen atoms in total. The highest BCUT2D eigenvalue weighted by Gasteiger charge is 2.42. The summed E-state index contributed by atoms with van der Waals surface area (Å²) in [5, 5.41) is 9.16. The molecule has 86 valence electrons. The van der Waals surface area contributed by atoms with E-state index in [0.717, 1.165) is 19.5 Å². The van der Waals surface area contributed by atoms with Crippen LogP contribution < -0.4 is 0 Å². The van der Waals surface area contributed by atoms with E-state index in [2.05, 4.69) is 4.90 Å². The first-order valence-corrected chi connectivity index (χ1v) is 6.82. The highest BCUT2D eigenvalue weighted by Crippen LogP contribution is 2.34. The first-order chi connectivity index (χ1) is 7.12. The van der Waals surface area contributed by atoms with Crippen molar-refractivity contribution in [1.29, 1.82) is 0 Å². The number of nitrogens with zero attached hydrogens (tertiary/aromatic N) is 1. The van der Waals surface area contributed by atoms with Crippen molar-refractivity contribution in [2.24, 2.45) is 5.41 Å². The number of rotatable bonds is 2. The maximum Gasteiger partial charge on any atom is 0.310 e. The topological polar surface area (TPSA) is 40.5 Å². The van der Waals surface area contributed by atoms with Crippen LogP contribution in [0.2, 0.25) is 0 Å². The van der Waals surface area contributed by atoms with Crippen molar-refractivity contribution in [3.63, 3.8) is 0 Å². The van der Waals surface area contributed by atoms with Gasteiger partial charge in [0.1, 0.15) is 0 Å². The predicted octanol–water partition coefficient (Wildman–Crippen LogP) is 1.68. The van der Waals surface area contributed by atoms with Crippen molar-refractivity contribution in [2.45, 2.75) is 32.2 Å². The Morgan fingerprint density at radius 2 is 2.40 bits per heavy atom. The van der Waals surface area contributed by atoms with E-state index >= 15 is 0 Å². The lowest BCUT2D eigenvalue weighted by molar-refractivity contribution is -0.147. The molecule has 4 heteroatoms. The second-order valence-corrected chi connectivity index (χ2v) is 6.11. The molecular formula is C11H19NO2S. The third-order valence-electron chi connectivity index (χ3n) is 3.67. The Balaban J connectivity index is 1.94. The molecule has 15 heavy (non-hydrogen) atoms. The molecule has 2 saturated heterocycles. The Kier molecular flexibility index (Phi) is 3.26. The smallest absolute Gasteiger partial charge is 0.310 e. The van der Waals surface area contributed by atoms with Gasteiger partial charge in [-0.2, -0.15) is 11.8 Å². The van der Waals surface area contributed by atoms with Crippen LogP contribution in [0.1, 0.15) is 26.2 Å². The van der Waals surface area contributed by atoms with E-state index in [0.29, 0.717) is 6.04 Å². The van der Waals surface area contributed by atoms with Crippen molar-refractivity contribution in [2.75, 3.05) is 24.6 Å². The van der Waals surface area contributed by atoms with Crippen molar-refractivity contribution in [1.82, 2.24) is 4.90 Å². The van der Waals surface area contributed by atoms with Gasteiger partial charge in [-0.05, 0) is 38.5 Å². The van der Waals surface area contributed by atoms with Crippen molar-refractivity contribution >= 4 is 17.7 Å². The van der Waals surface area contributed by atoms with Gasteiger partial charge in [0.05, 0.1) is 5.41 Å². The van der Waals surface area contributed by atoms with Crippen LogP contribution in [0.15, 0.2) is 0 Å². The molecule has 0 aliphatic carbocycles. The van der Waals surface area contributed by atoms with Gasteiger partial charge in [0, 0.05) is 18.3 Å². The molecule has 2 aliphatic heterocycles. The van der Waals surface area contributed by atoms with Gasteiger partial charge in [0.25, 0.3) is 0 Å². The molecule has 0 aromatic heterocycles. The Morgan fingerprint density at radius 1 is 1.60 bits per heavy atom. The number of carboxylic acid groups (broad SMARTS) is 1. The molecule has 0 aromatic carbocycles. The van der Waals surface area contributed by atoms with Gasteiger partial charge >= 0.3 is 5.97 Å². The Hall–Kier alpha value is -0.220. The first-order valence-electron chi connectivity index (χ1n) is 5.67. The van der Waals surface area contributed by atoms with Gasteiger partial charge in [0.2, 0.25) is 0 Å². The molecule has 2 aliphatic rings. The molecule has 0 radical (unpaired) electrons. The summed E-state index contributed by atoms with van der Waals surface area (Å²) < 4.78 is 0. The summed E-state index contributed by atoms with van der Waals surface area (Å²) in [7, 11) is 0. The SMILES string of the molecule is CC1(C(=O)O)CCN(C2CCCSC2)C1. The van der Waals surface area contributed by atoms with Crippen LogP contribution >= 0.6 is 11.8 Å². The maximum atomic E-state index is 11.1. The van der Waals surface area contributed by atoms with E-state index in [1.54, 1.807) is 0 Å². The summed E-state index contributed by atoms with van der Waals surface area (Å²) in [5.74, 6) is 1.84. The van der Waals surface area contributed by atoms with Crippen molar-refractivity contribution in [3.05, 3.63) is 0 Å². The molecule has 1 N–H and O–H groups in total. The van der Waals surface area contributed by atoms with Gasteiger partial charge in [-0.1, -0.05) is 0 Å². The summed E-state index contributed by atoms with van der Waals surface area (Å²) >= 11 is 2.01. The highest BCUT2D eigenvalue weighted by molar-refractivity contribution is 7.99. The van der Waals surface area contributed by atoms with Gasteiger partial charge in [0.15, 0.2) is 0 Å². The lowest BCUT2D eigenvalue weighted by Gasteiger charge is -2.31. The van der Waals surface area contributed by atoms with E-state index in [1.165, 1.54) is 24.3 Å². The Labute approximate surface area is 95.2 Å². The standard InChI is InChI=1S/C11H19NO2S/c1-11(10(13)14)4-5-12(8-11)9-3-2-6-15-7-9/h9H,2-8H2,1H3,(H,13,14). The average molecular weight is 229 g/mol. The predicted molar refractivity (Wildman–Crippen MR) is 62.3 cm³/mol. The summed E-state index contributed by atoms with van der Waals surface area (Å²) in [4.78, 5) is 13.5. The van der Waals surface area contributed by atoms with Crippen LogP contribution in [0, 0.1) is 5.41 Å². The number of thioether (sulfide) groups is 1. The molecule has 0 spiro atoms. The molecule has 2 unspecified atom stereocenters. The van der Waals surface area contributed by atoms with Crippen LogP contribution in [0.3, 0.4) is 0 Å². The van der Waals surface area contributed by atoms with Crippen molar-refractivity contribution in [3.8, 4) is 0 Å². The molecular weight excluding hydrogens is 210 g/mol. The highest BCUT2D eigenvalue weighted by atomic mass is 32.2. The van der Waals surface area contributed by atoms with E-state index in [9.17, 15) is 4.79 Å². The molecule has 2 rings (SSSR count). The maximum absolute atomic E-state index is 11.1. The molecule has 0 aromatic rings. The summed E-state index contributed by atoms with van der Waals surface area (Å²) in [6, 6.07) is 0.630. The van der Waals surface area contributed by atoms with Gasteiger partial charge in [-0.25, -0.2) is 0 Å². The number of likely N-dealkylation sites (tertiary alicyclic amines) is 1. The van der Waals surface area contributed by atoms with E-state index in [4.69, 9.17) is 5.11 Å². The van der Waals surface area contributed by atoms with Gasteiger partial charge < -0.3 is 5.11 Å². The first kappa shape index (κ1) is 11.3. The van der Waals surface area contributed by atoms with Crippen LogP contribution in [0.5, 0.6) is 0 Å². The average Bonchev–Trinajstić information content (AvgIpc) is 2.64. The molecule has 2 heterocycles. The van der Waals surface area contributed by atoms with Gasteiger partial charge in [-0.15, -0.1) is 0 Å². The summed E-state index contributed by atoms with van der Waals surface area (Å²) in [6.07, 6.45) is 3.35. The summed E-state index contributed by atoms with van der Waals surface area (Å²) in [6.45, 7) is 3.59. The second-order valence-electron chi connectivity index (χ2n) is 4.96. The molecule has 0 amide bonds. The van der Waals surface area contributed by atoms with E-state index in [-0.39, 0.29) is 0 Å². The minimum absolute atomic E-state index is 0.498. The van der Waals surface area contributed by atoms with Gasteiger partial charge in [-0.3, -0.25) is 9.69 Å². The molecule has 0 saturated carbocycles. The Morgan fingerprint density at radius 3 is 2.93 bits per heavy atom. The quantitative estimate of drug-likeness (QED) is 0.782. The number of aliphatic carboxylic acids is 1. The normalized spacial score (nSPS) is 38.1. The van der Waals surface area contributed by atoms with Crippen LogP contribution in [0.4, 0.5) is 0 Å². The zero-order chi connectivity index (χ0) is 10.9. The van der Waals surface area contributed by atoms with Crippen LogP contribution in [-0.2, 0) is 4.79 Å². The lowest BCUT2D eigenvalue weighted by atomic mass is 9.90. The fourth-order valence-electron chi connectivity index (χ4n) is 2.49. The fraction of sp³-hybridized carbons (Fsp3) is 0.909. The zero-order valence-electron chi connectivity index (χ0n) is 9.24. The summed E-state index contributed by atoms with van der Waals surface area (Å²) in [5.41, 5.74) is -0.498. The van der Waals surface area contributed by atoms with E-state index in [1.807, 2.05) is 18.7 Å². The van der Waals surface area contributed by atoms with Crippen molar-refractivity contribution < 1.29 is 9.90 Å². The lowest BCUT2D eigenvalue weighted by Crippen LogP contribution is -2.40. The third kappa shape index (κ3) is 2.31. The zero-order valence-corrected chi connectivity index (χ0v) is 10.1. The molecule has 0 bridgehead atoms. The fourth-order valence-corrected chi connectivity index (χ4v) is 3.68. The molecule has 2 fully saturated rings. The number of carbonyl (C=O) groups is 1. The Bertz CT molecular complexity index is 253. The largest absolute Gasteiger partial charge is 0.481 e. The minimum atomic E-state index is -0.631. The number of carboxylic acids is 1.